The van der Waals surface area contributed by atoms with E-state index >= 15 is 0 Å². The maximum atomic E-state index is 11.7. The lowest BCUT2D eigenvalue weighted by Crippen LogP contribution is -2.53. The zero-order valence-corrected chi connectivity index (χ0v) is 10.2. The number of hydrogen-bond acceptors (Lipinski definition) is 3. The molecular weight excluding hydrogens is 204 g/mol. The second kappa shape index (κ2) is 6.86. The molecule has 1 aliphatic heterocycles. The minimum atomic E-state index is -0.292. The SMILES string of the molecule is CCCC(CCN)CCC(=O)N1CC(O)C1. The maximum absolute atomic E-state index is 11.7. The van der Waals surface area contributed by atoms with Crippen LogP contribution in [0.2, 0.25) is 0 Å². The fraction of sp³-hybridized carbons (Fsp3) is 0.917. The first-order chi connectivity index (χ1) is 7.67. The van der Waals surface area contributed by atoms with E-state index in [4.69, 9.17) is 10.8 Å². The zero-order valence-electron chi connectivity index (χ0n) is 10.2. The van der Waals surface area contributed by atoms with Crippen LogP contribution in [0.1, 0.15) is 39.0 Å². The van der Waals surface area contributed by atoms with Gasteiger partial charge in [0.25, 0.3) is 0 Å². The van der Waals surface area contributed by atoms with Gasteiger partial charge >= 0.3 is 0 Å². The van der Waals surface area contributed by atoms with Gasteiger partial charge in [0.15, 0.2) is 0 Å². The van der Waals surface area contributed by atoms with Gasteiger partial charge in [-0.3, -0.25) is 4.79 Å². The van der Waals surface area contributed by atoms with Gasteiger partial charge in [-0.25, -0.2) is 0 Å². The predicted molar refractivity (Wildman–Crippen MR) is 63.9 cm³/mol. The highest BCUT2D eigenvalue weighted by atomic mass is 16.3. The van der Waals surface area contributed by atoms with Crippen LogP contribution in [0, 0.1) is 5.92 Å². The highest BCUT2D eigenvalue weighted by molar-refractivity contribution is 5.77. The van der Waals surface area contributed by atoms with Crippen molar-refractivity contribution in [3.63, 3.8) is 0 Å². The third-order valence-electron chi connectivity index (χ3n) is 3.25. The number of β-amino-alcohol motifs (C(OH)–C–C–N with tert-alkyl or cyclic N) is 1. The summed E-state index contributed by atoms with van der Waals surface area (Å²) in [6.45, 7) is 3.92. The summed E-state index contributed by atoms with van der Waals surface area (Å²) in [4.78, 5) is 13.4. The number of nitrogens with zero attached hydrogens (tertiary/aromatic N) is 1. The van der Waals surface area contributed by atoms with E-state index in [0.717, 1.165) is 25.7 Å². The number of carbonyl (C=O) groups excluding carboxylic acids is 1. The molecule has 16 heavy (non-hydrogen) atoms. The van der Waals surface area contributed by atoms with Crippen LogP contribution < -0.4 is 5.73 Å². The Labute approximate surface area is 97.8 Å². The number of hydrogen-bond donors (Lipinski definition) is 2. The Morgan fingerprint density at radius 2 is 2.12 bits per heavy atom. The lowest BCUT2D eigenvalue weighted by molar-refractivity contribution is -0.141. The van der Waals surface area contributed by atoms with E-state index in [1.54, 1.807) is 4.90 Å². The largest absolute Gasteiger partial charge is 0.389 e. The summed E-state index contributed by atoms with van der Waals surface area (Å²) in [5, 5.41) is 9.10. The summed E-state index contributed by atoms with van der Waals surface area (Å²) < 4.78 is 0. The quantitative estimate of drug-likeness (QED) is 0.675. The summed E-state index contributed by atoms with van der Waals surface area (Å²) in [6, 6.07) is 0. The molecule has 1 heterocycles. The highest BCUT2D eigenvalue weighted by Gasteiger charge is 2.28. The molecule has 1 atom stereocenters. The van der Waals surface area contributed by atoms with Crippen LogP contribution in [0.15, 0.2) is 0 Å². The Kier molecular flexibility index (Phi) is 5.77. The van der Waals surface area contributed by atoms with E-state index in [0.29, 0.717) is 32.0 Å². The van der Waals surface area contributed by atoms with Gasteiger partial charge in [-0.1, -0.05) is 19.8 Å². The Balaban J connectivity index is 2.17. The molecule has 1 unspecified atom stereocenters. The van der Waals surface area contributed by atoms with Gasteiger partial charge in [0.1, 0.15) is 0 Å². The summed E-state index contributed by atoms with van der Waals surface area (Å²) >= 11 is 0. The van der Waals surface area contributed by atoms with E-state index in [1.165, 1.54) is 0 Å². The molecule has 0 aromatic carbocycles. The smallest absolute Gasteiger partial charge is 0.222 e. The normalized spacial score (nSPS) is 18.3. The van der Waals surface area contributed by atoms with E-state index < -0.39 is 0 Å². The maximum Gasteiger partial charge on any atom is 0.222 e. The number of aliphatic hydroxyl groups is 1. The summed E-state index contributed by atoms with van der Waals surface area (Å²) in [7, 11) is 0. The van der Waals surface area contributed by atoms with Gasteiger partial charge in [0.05, 0.1) is 6.10 Å². The molecule has 0 aliphatic carbocycles. The van der Waals surface area contributed by atoms with Crippen LogP contribution in [0.4, 0.5) is 0 Å². The molecule has 0 radical (unpaired) electrons. The first-order valence-electron chi connectivity index (χ1n) is 6.33. The Morgan fingerprint density at radius 1 is 1.44 bits per heavy atom. The van der Waals surface area contributed by atoms with Crippen LogP contribution in [0.25, 0.3) is 0 Å². The molecule has 1 amide bonds. The van der Waals surface area contributed by atoms with Crippen LogP contribution in [0.5, 0.6) is 0 Å². The molecule has 0 bridgehead atoms. The first kappa shape index (κ1) is 13.5. The highest BCUT2D eigenvalue weighted by Crippen LogP contribution is 2.19. The summed E-state index contributed by atoms with van der Waals surface area (Å²) in [5.74, 6) is 0.772. The molecule has 1 aliphatic rings. The zero-order chi connectivity index (χ0) is 12.0. The molecule has 3 N–H and O–H groups in total. The Morgan fingerprint density at radius 3 is 2.62 bits per heavy atom. The lowest BCUT2D eigenvalue weighted by Gasteiger charge is -2.36. The second-order valence-corrected chi connectivity index (χ2v) is 4.72. The third kappa shape index (κ3) is 4.10. The number of carbonyl (C=O) groups is 1. The van der Waals surface area contributed by atoms with Crippen LogP contribution >= 0.6 is 0 Å². The van der Waals surface area contributed by atoms with Crippen molar-refractivity contribution in [2.24, 2.45) is 11.7 Å². The first-order valence-corrected chi connectivity index (χ1v) is 6.33. The van der Waals surface area contributed by atoms with E-state index in [9.17, 15) is 4.79 Å². The van der Waals surface area contributed by atoms with Crippen molar-refractivity contribution in [1.82, 2.24) is 4.90 Å². The minimum Gasteiger partial charge on any atom is -0.389 e. The van der Waals surface area contributed by atoms with Crippen LogP contribution in [-0.2, 0) is 4.79 Å². The number of nitrogens with two attached hydrogens (primary N) is 1. The standard InChI is InChI=1S/C12H24N2O2/c1-2-3-10(6-7-13)4-5-12(16)14-8-11(15)9-14/h10-11,15H,2-9,13H2,1H3. The van der Waals surface area contributed by atoms with Crippen molar-refractivity contribution in [1.29, 1.82) is 0 Å². The molecular formula is C12H24N2O2. The van der Waals surface area contributed by atoms with Gasteiger partial charge in [-0.2, -0.15) is 0 Å². The third-order valence-corrected chi connectivity index (χ3v) is 3.25. The van der Waals surface area contributed by atoms with Gasteiger partial charge < -0.3 is 15.7 Å². The number of rotatable bonds is 7. The fourth-order valence-corrected chi connectivity index (χ4v) is 2.22. The topological polar surface area (TPSA) is 66.6 Å². The van der Waals surface area contributed by atoms with Crippen molar-refractivity contribution >= 4 is 5.91 Å². The number of amides is 1. The van der Waals surface area contributed by atoms with Crippen molar-refractivity contribution < 1.29 is 9.90 Å². The van der Waals surface area contributed by atoms with Crippen molar-refractivity contribution in [3.05, 3.63) is 0 Å². The van der Waals surface area contributed by atoms with Crippen LogP contribution in [0.3, 0.4) is 0 Å². The van der Waals surface area contributed by atoms with Crippen molar-refractivity contribution in [2.75, 3.05) is 19.6 Å². The molecule has 0 aromatic rings. The lowest BCUT2D eigenvalue weighted by atomic mass is 9.94. The molecule has 4 nitrogen and oxygen atoms in total. The molecule has 4 heteroatoms. The Hall–Kier alpha value is -0.610. The molecule has 0 saturated carbocycles. The predicted octanol–water partition coefficient (Wildman–Crippen LogP) is 0.735. The number of aliphatic hydroxyl groups excluding tert-OH is 1. The van der Waals surface area contributed by atoms with Crippen molar-refractivity contribution in [2.45, 2.75) is 45.1 Å². The fourth-order valence-electron chi connectivity index (χ4n) is 2.22. The van der Waals surface area contributed by atoms with Crippen LogP contribution in [-0.4, -0.2) is 41.7 Å². The monoisotopic (exact) mass is 228 g/mol. The molecule has 0 spiro atoms. The summed E-state index contributed by atoms with van der Waals surface area (Å²) in [5.41, 5.74) is 5.55. The molecule has 1 fully saturated rings. The molecule has 1 rings (SSSR count). The molecule has 0 aromatic heterocycles. The van der Waals surface area contributed by atoms with Gasteiger partial charge in [-0.15, -0.1) is 0 Å². The molecule has 94 valence electrons. The van der Waals surface area contributed by atoms with E-state index in [-0.39, 0.29) is 12.0 Å². The van der Waals surface area contributed by atoms with Gasteiger partial charge in [0, 0.05) is 19.5 Å². The van der Waals surface area contributed by atoms with E-state index in [2.05, 4.69) is 6.92 Å². The Bertz CT molecular complexity index is 209. The van der Waals surface area contributed by atoms with Gasteiger partial charge in [-0.05, 0) is 25.3 Å². The van der Waals surface area contributed by atoms with Gasteiger partial charge in [0.2, 0.25) is 5.91 Å². The second-order valence-electron chi connectivity index (χ2n) is 4.72. The number of likely N-dealkylation sites (tertiary alicyclic amines) is 1. The minimum absolute atomic E-state index is 0.184. The average Bonchev–Trinajstić information content (AvgIpc) is 2.22. The summed E-state index contributed by atoms with van der Waals surface area (Å²) in [6.07, 6.45) is 4.59. The van der Waals surface area contributed by atoms with E-state index in [1.807, 2.05) is 0 Å². The average molecular weight is 228 g/mol. The van der Waals surface area contributed by atoms with Crippen molar-refractivity contribution in [3.8, 4) is 0 Å². The molecule has 1 saturated heterocycles.